The Kier molecular flexibility index (Phi) is 3.14. The van der Waals surface area contributed by atoms with E-state index in [2.05, 4.69) is 0 Å². The van der Waals surface area contributed by atoms with Gasteiger partial charge in [0.05, 0.1) is 7.11 Å². The third-order valence-corrected chi connectivity index (χ3v) is 1.93. The molecular weight excluding hydrogens is 166 g/mol. The normalized spacial score (nSPS) is 10.1. The molecule has 72 valence electrons. The molecule has 0 fully saturated rings. The zero-order valence-corrected chi connectivity index (χ0v) is 8.00. The van der Waals surface area contributed by atoms with Crippen LogP contribution in [-0.2, 0) is 6.42 Å². The van der Waals surface area contributed by atoms with Crippen LogP contribution in [0.1, 0.15) is 11.1 Å². The molecule has 1 aromatic rings. The molecule has 0 spiro atoms. The summed E-state index contributed by atoms with van der Waals surface area (Å²) < 4.78 is 5.02. The second-order valence-corrected chi connectivity index (χ2v) is 3.01. The highest BCUT2D eigenvalue weighted by molar-refractivity contribution is 5.48. The number of methoxy groups -OCH3 is 1. The molecule has 0 radical (unpaired) electrons. The van der Waals surface area contributed by atoms with Gasteiger partial charge < -0.3 is 15.6 Å². The van der Waals surface area contributed by atoms with E-state index < -0.39 is 0 Å². The molecule has 0 saturated carbocycles. The van der Waals surface area contributed by atoms with Crippen LogP contribution in [0.15, 0.2) is 12.1 Å². The van der Waals surface area contributed by atoms with E-state index in [1.807, 2.05) is 13.0 Å². The van der Waals surface area contributed by atoms with Crippen LogP contribution in [0.25, 0.3) is 0 Å². The molecule has 1 rings (SSSR count). The highest BCUT2D eigenvalue weighted by Crippen LogP contribution is 2.31. The summed E-state index contributed by atoms with van der Waals surface area (Å²) in [5.74, 6) is 0.724. The summed E-state index contributed by atoms with van der Waals surface area (Å²) in [5, 5.41) is 9.66. The number of aromatic hydroxyl groups is 1. The minimum absolute atomic E-state index is 0.207. The number of phenols is 1. The molecule has 3 heteroatoms. The minimum Gasteiger partial charge on any atom is -0.504 e. The van der Waals surface area contributed by atoms with Gasteiger partial charge in [0, 0.05) is 0 Å². The van der Waals surface area contributed by atoms with Crippen LogP contribution in [0.5, 0.6) is 11.5 Å². The monoisotopic (exact) mass is 181 g/mol. The number of aryl methyl sites for hydroxylation is 1. The van der Waals surface area contributed by atoms with Crippen LogP contribution < -0.4 is 10.5 Å². The lowest BCUT2D eigenvalue weighted by molar-refractivity contribution is 0.370. The fraction of sp³-hybridized carbons (Fsp3) is 0.400. The quantitative estimate of drug-likeness (QED) is 0.737. The Bertz CT molecular complexity index is 297. The van der Waals surface area contributed by atoms with Crippen molar-refractivity contribution in [2.24, 2.45) is 5.73 Å². The summed E-state index contributed by atoms with van der Waals surface area (Å²) in [5.41, 5.74) is 7.33. The minimum atomic E-state index is 0.207. The summed E-state index contributed by atoms with van der Waals surface area (Å²) >= 11 is 0. The van der Waals surface area contributed by atoms with E-state index in [-0.39, 0.29) is 5.75 Å². The SMILES string of the molecule is COc1cc(C)cc(CCN)c1O. The number of hydrogen-bond acceptors (Lipinski definition) is 3. The van der Waals surface area contributed by atoms with Gasteiger partial charge in [0.25, 0.3) is 0 Å². The molecule has 0 bridgehead atoms. The first-order valence-electron chi connectivity index (χ1n) is 4.25. The highest BCUT2D eigenvalue weighted by Gasteiger charge is 2.07. The van der Waals surface area contributed by atoms with E-state index in [1.165, 1.54) is 0 Å². The van der Waals surface area contributed by atoms with Crippen LogP contribution in [0.3, 0.4) is 0 Å². The molecule has 3 nitrogen and oxygen atoms in total. The van der Waals surface area contributed by atoms with Crippen molar-refractivity contribution in [2.45, 2.75) is 13.3 Å². The Morgan fingerprint density at radius 1 is 1.46 bits per heavy atom. The third kappa shape index (κ3) is 2.12. The van der Waals surface area contributed by atoms with Crippen molar-refractivity contribution in [3.63, 3.8) is 0 Å². The zero-order valence-electron chi connectivity index (χ0n) is 8.00. The van der Waals surface area contributed by atoms with E-state index in [9.17, 15) is 5.11 Å². The van der Waals surface area contributed by atoms with E-state index in [0.29, 0.717) is 18.7 Å². The molecule has 1 aromatic carbocycles. The summed E-state index contributed by atoms with van der Waals surface area (Å²) in [6, 6.07) is 3.72. The maximum atomic E-state index is 9.66. The second kappa shape index (κ2) is 4.14. The van der Waals surface area contributed by atoms with E-state index in [0.717, 1.165) is 11.1 Å². The van der Waals surface area contributed by atoms with Crippen LogP contribution in [0, 0.1) is 6.92 Å². The lowest BCUT2D eigenvalue weighted by atomic mass is 10.1. The van der Waals surface area contributed by atoms with Crippen molar-refractivity contribution in [3.05, 3.63) is 23.3 Å². The number of nitrogens with two attached hydrogens (primary N) is 1. The Labute approximate surface area is 78.1 Å². The van der Waals surface area contributed by atoms with E-state index in [4.69, 9.17) is 10.5 Å². The fourth-order valence-electron chi connectivity index (χ4n) is 1.32. The van der Waals surface area contributed by atoms with Gasteiger partial charge in [-0.05, 0) is 37.1 Å². The average Bonchev–Trinajstić information content (AvgIpc) is 2.11. The number of ether oxygens (including phenoxy) is 1. The zero-order chi connectivity index (χ0) is 9.84. The molecule has 0 aromatic heterocycles. The van der Waals surface area contributed by atoms with Gasteiger partial charge in [-0.3, -0.25) is 0 Å². The smallest absolute Gasteiger partial charge is 0.161 e. The van der Waals surface area contributed by atoms with Crippen molar-refractivity contribution in [1.29, 1.82) is 0 Å². The van der Waals surface area contributed by atoms with Gasteiger partial charge >= 0.3 is 0 Å². The number of benzene rings is 1. The molecule has 0 aliphatic carbocycles. The first kappa shape index (κ1) is 9.86. The topological polar surface area (TPSA) is 55.5 Å². The van der Waals surface area contributed by atoms with Gasteiger partial charge in [0.2, 0.25) is 0 Å². The first-order chi connectivity index (χ1) is 6.19. The lowest BCUT2D eigenvalue weighted by Gasteiger charge is -2.09. The van der Waals surface area contributed by atoms with Crippen LogP contribution in [-0.4, -0.2) is 18.8 Å². The van der Waals surface area contributed by atoms with Gasteiger partial charge in [-0.25, -0.2) is 0 Å². The van der Waals surface area contributed by atoms with Crippen molar-refractivity contribution >= 4 is 0 Å². The third-order valence-electron chi connectivity index (χ3n) is 1.93. The Morgan fingerprint density at radius 3 is 2.69 bits per heavy atom. The second-order valence-electron chi connectivity index (χ2n) is 3.01. The molecule has 0 atom stereocenters. The maximum Gasteiger partial charge on any atom is 0.161 e. The van der Waals surface area contributed by atoms with Gasteiger partial charge in [0.15, 0.2) is 11.5 Å². The van der Waals surface area contributed by atoms with E-state index >= 15 is 0 Å². The number of rotatable bonds is 3. The van der Waals surface area contributed by atoms with Crippen molar-refractivity contribution in [2.75, 3.05) is 13.7 Å². The predicted octanol–water partition coefficient (Wildman–Crippen LogP) is 1.21. The van der Waals surface area contributed by atoms with Crippen molar-refractivity contribution in [3.8, 4) is 11.5 Å². The van der Waals surface area contributed by atoms with Crippen LogP contribution in [0.4, 0.5) is 0 Å². The van der Waals surface area contributed by atoms with Gasteiger partial charge in [-0.15, -0.1) is 0 Å². The number of phenolic OH excluding ortho intramolecular Hbond substituents is 1. The number of hydrogen-bond donors (Lipinski definition) is 2. The lowest BCUT2D eigenvalue weighted by Crippen LogP contribution is -2.03. The standard InChI is InChI=1S/C10H15NO2/c1-7-5-8(3-4-11)10(12)9(6-7)13-2/h5-6,12H,3-4,11H2,1-2H3. The molecule has 0 amide bonds. The fourth-order valence-corrected chi connectivity index (χ4v) is 1.32. The molecule has 0 aliphatic heterocycles. The molecule has 0 aliphatic rings. The summed E-state index contributed by atoms with van der Waals surface area (Å²) in [4.78, 5) is 0. The van der Waals surface area contributed by atoms with Crippen LogP contribution >= 0.6 is 0 Å². The average molecular weight is 181 g/mol. The van der Waals surface area contributed by atoms with Crippen molar-refractivity contribution in [1.82, 2.24) is 0 Å². The molecule has 0 heterocycles. The Balaban J connectivity index is 3.11. The summed E-state index contributed by atoms with van der Waals surface area (Å²) in [6.07, 6.45) is 0.671. The first-order valence-corrected chi connectivity index (χ1v) is 4.25. The largest absolute Gasteiger partial charge is 0.504 e. The van der Waals surface area contributed by atoms with Crippen LogP contribution in [0.2, 0.25) is 0 Å². The summed E-state index contributed by atoms with van der Waals surface area (Å²) in [7, 11) is 1.54. The predicted molar refractivity (Wildman–Crippen MR) is 52.2 cm³/mol. The van der Waals surface area contributed by atoms with Gasteiger partial charge in [-0.1, -0.05) is 6.07 Å². The Hall–Kier alpha value is -1.22. The van der Waals surface area contributed by atoms with E-state index in [1.54, 1.807) is 13.2 Å². The molecule has 0 saturated heterocycles. The van der Waals surface area contributed by atoms with Crippen molar-refractivity contribution < 1.29 is 9.84 Å². The molecule has 0 unspecified atom stereocenters. The Morgan fingerprint density at radius 2 is 2.15 bits per heavy atom. The maximum absolute atomic E-state index is 9.66. The summed E-state index contributed by atoms with van der Waals surface area (Å²) in [6.45, 7) is 2.49. The molecule has 13 heavy (non-hydrogen) atoms. The molecular formula is C10H15NO2. The van der Waals surface area contributed by atoms with Gasteiger partial charge in [0.1, 0.15) is 0 Å². The molecule has 3 N–H and O–H groups in total. The highest BCUT2D eigenvalue weighted by atomic mass is 16.5. The van der Waals surface area contributed by atoms with Gasteiger partial charge in [-0.2, -0.15) is 0 Å².